The molecule has 0 saturated carbocycles. The number of pyridine rings is 1. The lowest BCUT2D eigenvalue weighted by Gasteiger charge is -2.13. The number of nitrogens with one attached hydrogen (secondary N) is 2. The van der Waals surface area contributed by atoms with Crippen LogP contribution in [-0.4, -0.2) is 134 Å². The highest BCUT2D eigenvalue weighted by Crippen LogP contribution is 2.46. The zero-order valence-corrected chi connectivity index (χ0v) is 55.2. The fourth-order valence-electron chi connectivity index (χ4n) is 8.37. The molecule has 8 N–H and O–H groups in total. The van der Waals surface area contributed by atoms with Gasteiger partial charge in [0, 0.05) is 35.3 Å². The maximum Gasteiger partial charge on any atom is 0.300 e. The fourth-order valence-corrected chi connectivity index (χ4v) is 13.9. The van der Waals surface area contributed by atoms with Crippen LogP contribution in [0.5, 0.6) is 17.4 Å². The smallest absolute Gasteiger partial charge is 0.300 e. The zero-order chi connectivity index (χ0) is 68.5. The van der Waals surface area contributed by atoms with Crippen molar-refractivity contribution in [2.45, 2.75) is 66.5 Å². The number of hydrogen-bond donors (Lipinski definition) is 8. The average molecular weight is 1440 g/mol. The summed E-state index contributed by atoms with van der Waals surface area (Å²) in [6, 6.07) is 15.9. The van der Waals surface area contributed by atoms with E-state index in [4.69, 9.17) is 21.1 Å². The lowest BCUT2D eigenvalue weighted by atomic mass is 10.1. The van der Waals surface area contributed by atoms with Gasteiger partial charge in [0.15, 0.2) is 16.2 Å². The number of amides is 2. The van der Waals surface area contributed by atoms with Crippen molar-refractivity contribution in [3.8, 4) is 23.4 Å². The molecule has 33 nitrogen and oxygen atoms in total. The first kappa shape index (κ1) is 72.2. The van der Waals surface area contributed by atoms with Gasteiger partial charge in [0.2, 0.25) is 17.7 Å². The molecule has 93 heavy (non-hydrogen) atoms. The predicted molar refractivity (Wildman–Crippen MR) is 341 cm³/mol. The van der Waals surface area contributed by atoms with Crippen LogP contribution in [0, 0.1) is 25.2 Å². The topological polar surface area (TPSA) is 509 Å². The van der Waals surface area contributed by atoms with E-state index in [0.717, 1.165) is 47.2 Å². The molecule has 7 aromatic rings. The first-order valence-electron chi connectivity index (χ1n) is 26.3. The third kappa shape index (κ3) is 19.5. The quantitative estimate of drug-likeness (QED) is 0.00977. The second-order valence-corrected chi connectivity index (χ2v) is 29.6. The molecular formula is C52H52ClN13O20S7. The molecule has 41 heteroatoms. The van der Waals surface area contributed by atoms with E-state index in [2.05, 4.69) is 56.5 Å². The van der Waals surface area contributed by atoms with E-state index in [1.54, 1.807) is 6.92 Å². The lowest BCUT2D eigenvalue weighted by molar-refractivity contribution is -0.115. The van der Waals surface area contributed by atoms with E-state index >= 15 is 0 Å². The Morgan fingerprint density at radius 1 is 0.634 bits per heavy atom. The van der Waals surface area contributed by atoms with Gasteiger partial charge in [0.1, 0.15) is 62.0 Å². The van der Waals surface area contributed by atoms with Crippen LogP contribution in [0.15, 0.2) is 127 Å². The molecule has 0 spiro atoms. The van der Waals surface area contributed by atoms with Crippen LogP contribution in [0.2, 0.25) is 5.02 Å². The van der Waals surface area contributed by atoms with E-state index in [-0.39, 0.29) is 148 Å². The largest absolute Gasteiger partial charge is 0.495 e. The number of methoxy groups -OCH3 is 1. The van der Waals surface area contributed by atoms with Gasteiger partial charge in [0.05, 0.1) is 64.3 Å². The Morgan fingerprint density at radius 3 is 1.66 bits per heavy atom. The number of carbonyl (C=O) groups is 2. The molecule has 494 valence electrons. The summed E-state index contributed by atoms with van der Waals surface area (Å²) < 4.78 is 179. The number of thioether (sulfide) groups is 2. The number of imidazole rings is 1. The van der Waals surface area contributed by atoms with Gasteiger partial charge in [-0.2, -0.15) is 57.6 Å². The molecule has 0 aliphatic rings. The van der Waals surface area contributed by atoms with Gasteiger partial charge in [-0.05, 0) is 111 Å². The van der Waals surface area contributed by atoms with E-state index in [9.17, 15) is 84.8 Å². The number of halogens is 1. The van der Waals surface area contributed by atoms with Crippen molar-refractivity contribution in [3.63, 3.8) is 0 Å². The van der Waals surface area contributed by atoms with Crippen LogP contribution in [0.4, 0.5) is 56.9 Å². The maximum atomic E-state index is 12.8. The minimum atomic E-state index is -5.00. The molecule has 2 heterocycles. The molecule has 2 amide bonds. The summed E-state index contributed by atoms with van der Waals surface area (Å²) in [4.78, 5) is 28.7. The molecular weight excluding hydrogens is 1390 g/mol. The number of ether oxygens (including phenoxy) is 2. The van der Waals surface area contributed by atoms with Crippen molar-refractivity contribution >= 4 is 171 Å². The Kier molecular flexibility index (Phi) is 23.2. The number of hydrogen-bond acceptors (Lipinski definition) is 27. The second-order valence-electron chi connectivity index (χ2n) is 19.5. The van der Waals surface area contributed by atoms with E-state index in [1.807, 2.05) is 6.07 Å². The first-order chi connectivity index (χ1) is 43.4. The van der Waals surface area contributed by atoms with Gasteiger partial charge in [-0.3, -0.25) is 36.8 Å². The molecule has 0 radical (unpaired) electrons. The van der Waals surface area contributed by atoms with Gasteiger partial charge in [-0.15, -0.1) is 54.2 Å². The van der Waals surface area contributed by atoms with Crippen molar-refractivity contribution in [3.05, 3.63) is 88.4 Å². The van der Waals surface area contributed by atoms with Gasteiger partial charge < -0.3 is 25.2 Å². The van der Waals surface area contributed by atoms with E-state index in [1.165, 1.54) is 75.4 Å². The number of rotatable bonds is 28. The fraction of sp³-hybridized carbons (Fsp3) is 0.269. The summed E-state index contributed by atoms with van der Waals surface area (Å²) in [5.74, 6) is -4.30. The molecule has 5 aromatic carbocycles. The summed E-state index contributed by atoms with van der Waals surface area (Å²) in [6.07, 6.45) is -0.434. The Balaban J connectivity index is 1.35. The molecule has 0 atom stereocenters. The second kappa shape index (κ2) is 29.8. The van der Waals surface area contributed by atoms with Crippen LogP contribution < -0.4 is 20.1 Å². The Morgan fingerprint density at radius 2 is 1.15 bits per heavy atom. The van der Waals surface area contributed by atoms with E-state index in [0.29, 0.717) is 5.56 Å². The number of azo groups is 4. The number of anilines is 2. The van der Waals surface area contributed by atoms with E-state index < -0.39 is 95.3 Å². The number of aromatic hydroxyl groups is 1. The van der Waals surface area contributed by atoms with Crippen LogP contribution in [0.25, 0.3) is 16.7 Å². The van der Waals surface area contributed by atoms with Gasteiger partial charge in [-0.1, -0.05) is 11.6 Å². The summed E-state index contributed by atoms with van der Waals surface area (Å²) in [7, 11) is -21.9. The van der Waals surface area contributed by atoms with Crippen molar-refractivity contribution in [2.75, 3.05) is 53.1 Å². The first-order valence-corrected chi connectivity index (χ1v) is 36.4. The SMILES string of the molecule is COc1ccc2c(nc3c(C#N)c(C)c(N=Nc4cc(C)c(N=Nc5cc(NC(C)=O)c(N=Nc6cc(NC(C)=O)c(N=Nc7ccc(Cl)c(S(=O)(=O)O)c7)cc6SCCCS(=O)(=O)O)cc5SCCCS(=O)(=O)O)cc4OCCCS(=O)(=O)O)c(O)n32)c1S(=O)(=O)O. The summed E-state index contributed by atoms with van der Waals surface area (Å²) >= 11 is 7.98. The highest BCUT2D eigenvalue weighted by molar-refractivity contribution is 7.99. The van der Waals surface area contributed by atoms with Gasteiger partial charge in [-0.25, -0.2) is 4.98 Å². The third-order valence-corrected chi connectivity index (χ3v) is 19.4. The number of nitriles is 1. The normalized spacial score (nSPS) is 12.7. The molecule has 0 aliphatic carbocycles. The number of benzene rings is 5. The maximum absolute atomic E-state index is 12.8. The van der Waals surface area contributed by atoms with Crippen LogP contribution in [0.3, 0.4) is 0 Å². The molecule has 0 bridgehead atoms. The van der Waals surface area contributed by atoms with Crippen molar-refractivity contribution in [1.82, 2.24) is 9.38 Å². The monoisotopic (exact) mass is 1440 g/mol. The average Bonchev–Trinajstić information content (AvgIpc) is 1.59. The van der Waals surface area contributed by atoms with Crippen molar-refractivity contribution in [1.29, 1.82) is 5.26 Å². The summed E-state index contributed by atoms with van der Waals surface area (Å²) in [5, 5.41) is 61.6. The van der Waals surface area contributed by atoms with Gasteiger partial charge >= 0.3 is 0 Å². The summed E-state index contributed by atoms with van der Waals surface area (Å²) in [5.41, 5.74) is -1.20. The highest BCUT2D eigenvalue weighted by atomic mass is 35.5. The van der Waals surface area contributed by atoms with Crippen LogP contribution >= 0.6 is 35.1 Å². The lowest BCUT2D eigenvalue weighted by Crippen LogP contribution is -2.08. The third-order valence-electron chi connectivity index (χ3n) is 12.4. The zero-order valence-electron chi connectivity index (χ0n) is 48.8. The van der Waals surface area contributed by atoms with Gasteiger partial charge in [0.25, 0.3) is 50.6 Å². The molecule has 0 unspecified atom stereocenters. The molecule has 0 aliphatic heterocycles. The standard InChI is InChI=1S/C52H52ClN13O20S7/c1-27-19-39(62-65-48-28(2)32(26-54)51-57-49-42(66(51)52(48)69)11-12-43(85-5)50(49)93(82,83)84)44(86-13-6-16-89(70,71)72)23-34(27)59-63-40-22-36(56-30(4)68)38(25-46(40)88-15-8-18-91(76,77)78)61-64-41-21-35(55-29(3)67)37(24-45(41)87-14-7-17-90(73,74)75)60-58-31-9-10-33(53)47(20-31)92(79,80)81/h9-12,19-25,69H,6-8,13-18H2,1-5H3,(H,55,67)(H,56,68)(H,70,71,72)(H,73,74,75)(H,76,77,78)(H,79,80,81)(H,82,83,84). The molecule has 0 fully saturated rings. The minimum Gasteiger partial charge on any atom is -0.495 e. The number of carbonyl (C=O) groups excluding carboxylic acids is 2. The Hall–Kier alpha value is -8.18. The number of fused-ring (bicyclic) bond motifs is 3. The predicted octanol–water partition coefficient (Wildman–Crippen LogP) is 11.8. The van der Waals surface area contributed by atoms with Crippen molar-refractivity contribution < 1.29 is 89.0 Å². The molecule has 7 rings (SSSR count). The molecule has 0 saturated heterocycles. The Bertz CT molecular complexity index is 4930. The number of aromatic nitrogens is 2. The molecule has 2 aromatic heterocycles. The van der Waals surface area contributed by atoms with Crippen LogP contribution in [0.1, 0.15) is 49.8 Å². The highest BCUT2D eigenvalue weighted by Gasteiger charge is 2.28. The van der Waals surface area contributed by atoms with Crippen molar-refractivity contribution in [2.24, 2.45) is 40.9 Å². The number of nitrogens with zero attached hydrogens (tertiary/aromatic N) is 11. The number of aryl methyl sites for hydroxylation is 1. The minimum absolute atomic E-state index is 0.00551. The van der Waals surface area contributed by atoms with Crippen LogP contribution in [-0.2, 0) is 60.2 Å². The summed E-state index contributed by atoms with van der Waals surface area (Å²) in [6.45, 7) is 4.93. The Labute approximate surface area is 543 Å².